The highest BCUT2D eigenvalue weighted by molar-refractivity contribution is 7.89. The number of nitrogens with zero attached hydrogens (tertiary/aromatic N) is 1. The zero-order valence-electron chi connectivity index (χ0n) is 15.2. The largest absolute Gasteiger partial charge is 0.478 e. The number of aromatic carboxylic acids is 1. The van der Waals surface area contributed by atoms with Crippen molar-refractivity contribution in [2.24, 2.45) is 0 Å². The van der Waals surface area contributed by atoms with Crippen molar-refractivity contribution in [3.8, 4) is 0 Å². The predicted octanol–water partition coefficient (Wildman–Crippen LogP) is 2.71. The smallest absolute Gasteiger partial charge is 0.337 e. The molecule has 0 heterocycles. The number of anilines is 1. The van der Waals surface area contributed by atoms with Crippen LogP contribution in [0.1, 0.15) is 34.6 Å². The van der Waals surface area contributed by atoms with Gasteiger partial charge in [-0.05, 0) is 36.4 Å². The lowest BCUT2D eigenvalue weighted by Crippen LogP contribution is -2.30. The topological polar surface area (TPSA) is 104 Å². The Kier molecular flexibility index (Phi) is 6.70. The summed E-state index contributed by atoms with van der Waals surface area (Å²) in [6.07, 6.45) is 0. The minimum atomic E-state index is -3.57. The minimum absolute atomic E-state index is 0.0750. The van der Waals surface area contributed by atoms with E-state index in [4.69, 9.17) is 5.11 Å². The Bertz CT molecular complexity index is 919. The molecular weight excluding hydrogens is 368 g/mol. The summed E-state index contributed by atoms with van der Waals surface area (Å²) in [7, 11) is -3.57. The van der Waals surface area contributed by atoms with Gasteiger partial charge in [-0.3, -0.25) is 4.79 Å². The third kappa shape index (κ3) is 4.72. The maximum absolute atomic E-state index is 12.5. The highest BCUT2D eigenvalue weighted by Gasteiger charge is 2.21. The number of rotatable bonds is 9. The highest BCUT2D eigenvalue weighted by atomic mass is 32.2. The molecule has 0 radical (unpaired) electrons. The molecule has 2 aromatic carbocycles. The lowest BCUT2D eigenvalue weighted by molar-refractivity contribution is 0.0697. The second kappa shape index (κ2) is 8.79. The fourth-order valence-corrected chi connectivity index (χ4v) is 4.08. The first kappa shape index (κ1) is 20.6. The van der Waals surface area contributed by atoms with Crippen molar-refractivity contribution >= 4 is 27.5 Å². The van der Waals surface area contributed by atoms with Crippen molar-refractivity contribution in [2.45, 2.75) is 18.7 Å². The normalized spacial score (nSPS) is 11.4. The van der Waals surface area contributed by atoms with E-state index < -0.39 is 16.0 Å². The third-order valence-electron chi connectivity index (χ3n) is 4.12. The molecule has 0 aliphatic carbocycles. The number of carbonyl (C=O) groups is 2. The van der Waals surface area contributed by atoms with Crippen molar-refractivity contribution in [2.75, 3.05) is 25.0 Å². The molecule has 8 heteroatoms. The van der Waals surface area contributed by atoms with Crippen molar-refractivity contribution in [3.05, 3.63) is 59.7 Å². The van der Waals surface area contributed by atoms with Crippen LogP contribution >= 0.6 is 0 Å². The molecular formula is C19H22N2O5S. The minimum Gasteiger partial charge on any atom is -0.478 e. The number of nitrogens with one attached hydrogen (secondary N) is 1. The Morgan fingerprint density at radius 1 is 1.00 bits per heavy atom. The van der Waals surface area contributed by atoms with Crippen LogP contribution in [0.15, 0.2) is 53.4 Å². The SMILES string of the molecule is CCN(CC)S(=O)(=O)c1ccc(C(=O)CNc2ccccc2C(=O)O)cc1. The molecule has 0 saturated heterocycles. The Balaban J connectivity index is 2.12. The monoisotopic (exact) mass is 390 g/mol. The summed E-state index contributed by atoms with van der Waals surface area (Å²) in [5.74, 6) is -1.36. The van der Waals surface area contributed by atoms with Crippen LogP contribution in [-0.4, -0.2) is 49.2 Å². The molecule has 0 aliphatic rings. The zero-order chi connectivity index (χ0) is 20.0. The fourth-order valence-electron chi connectivity index (χ4n) is 2.63. The molecule has 0 amide bonds. The molecule has 0 spiro atoms. The van der Waals surface area contributed by atoms with Crippen LogP contribution < -0.4 is 5.32 Å². The molecule has 2 aromatic rings. The van der Waals surface area contributed by atoms with E-state index in [1.165, 1.54) is 34.6 Å². The number of carbonyl (C=O) groups excluding carboxylic acids is 1. The van der Waals surface area contributed by atoms with Crippen LogP contribution in [0.25, 0.3) is 0 Å². The lowest BCUT2D eigenvalue weighted by atomic mass is 10.1. The average molecular weight is 390 g/mol. The fraction of sp³-hybridized carbons (Fsp3) is 0.263. The van der Waals surface area contributed by atoms with Crippen molar-refractivity contribution in [3.63, 3.8) is 0 Å². The number of hydrogen-bond donors (Lipinski definition) is 2. The summed E-state index contributed by atoms with van der Waals surface area (Å²) in [6, 6.07) is 12.0. The van der Waals surface area contributed by atoms with E-state index in [1.54, 1.807) is 32.0 Å². The van der Waals surface area contributed by atoms with Crippen molar-refractivity contribution in [1.29, 1.82) is 0 Å². The molecule has 0 atom stereocenters. The number of sulfonamides is 1. The summed E-state index contributed by atoms with van der Waals surface area (Å²) in [4.78, 5) is 23.7. The average Bonchev–Trinajstić information content (AvgIpc) is 2.67. The highest BCUT2D eigenvalue weighted by Crippen LogP contribution is 2.18. The molecule has 7 nitrogen and oxygen atoms in total. The van der Waals surface area contributed by atoms with Gasteiger partial charge in [-0.2, -0.15) is 4.31 Å². The van der Waals surface area contributed by atoms with Crippen LogP contribution in [0.3, 0.4) is 0 Å². The van der Waals surface area contributed by atoms with Gasteiger partial charge in [0.25, 0.3) is 0 Å². The predicted molar refractivity (Wildman–Crippen MR) is 103 cm³/mol. The van der Waals surface area contributed by atoms with Crippen molar-refractivity contribution in [1.82, 2.24) is 4.31 Å². The summed E-state index contributed by atoms with van der Waals surface area (Å²) >= 11 is 0. The Labute approximate surface area is 158 Å². The number of para-hydroxylation sites is 1. The zero-order valence-corrected chi connectivity index (χ0v) is 16.0. The quantitative estimate of drug-likeness (QED) is 0.638. The summed E-state index contributed by atoms with van der Waals surface area (Å²) in [5.41, 5.74) is 0.763. The van der Waals surface area contributed by atoms with Gasteiger partial charge in [0.05, 0.1) is 17.0 Å². The van der Waals surface area contributed by atoms with E-state index in [1.807, 2.05) is 0 Å². The van der Waals surface area contributed by atoms with Gasteiger partial charge >= 0.3 is 5.97 Å². The molecule has 27 heavy (non-hydrogen) atoms. The van der Waals surface area contributed by atoms with Crippen LogP contribution in [0.4, 0.5) is 5.69 Å². The first-order valence-corrected chi connectivity index (χ1v) is 9.94. The van der Waals surface area contributed by atoms with Gasteiger partial charge in [0, 0.05) is 24.3 Å². The number of ketones is 1. The molecule has 2 rings (SSSR count). The summed E-state index contributed by atoms with van der Waals surface area (Å²) in [6.45, 7) is 4.16. The molecule has 0 saturated carbocycles. The molecule has 0 bridgehead atoms. The molecule has 2 N–H and O–H groups in total. The Hall–Kier alpha value is -2.71. The molecule has 0 aliphatic heterocycles. The number of carboxylic acids is 1. The van der Waals surface area contributed by atoms with E-state index in [2.05, 4.69) is 5.32 Å². The Morgan fingerprint density at radius 2 is 1.59 bits per heavy atom. The van der Waals surface area contributed by atoms with E-state index >= 15 is 0 Å². The third-order valence-corrected chi connectivity index (χ3v) is 6.18. The lowest BCUT2D eigenvalue weighted by Gasteiger charge is -2.18. The second-order valence-electron chi connectivity index (χ2n) is 5.74. The van der Waals surface area contributed by atoms with Gasteiger partial charge in [0.2, 0.25) is 10.0 Å². The summed E-state index contributed by atoms with van der Waals surface area (Å²) < 4.78 is 26.3. The van der Waals surface area contributed by atoms with E-state index in [0.717, 1.165) is 0 Å². The number of benzene rings is 2. The maximum Gasteiger partial charge on any atom is 0.337 e. The molecule has 0 fully saturated rings. The van der Waals surface area contributed by atoms with Gasteiger partial charge in [0.1, 0.15) is 0 Å². The van der Waals surface area contributed by atoms with Crippen LogP contribution in [-0.2, 0) is 10.0 Å². The number of Topliss-reactive ketones (excluding diaryl/α,β-unsaturated/α-hetero) is 1. The van der Waals surface area contributed by atoms with Gasteiger partial charge in [-0.1, -0.05) is 26.0 Å². The summed E-state index contributed by atoms with van der Waals surface area (Å²) in [5, 5.41) is 12.0. The van der Waals surface area contributed by atoms with Gasteiger partial charge in [-0.15, -0.1) is 0 Å². The standard InChI is InChI=1S/C19H22N2O5S/c1-3-21(4-2)27(25,26)15-11-9-14(10-12-15)18(22)13-20-17-8-6-5-7-16(17)19(23)24/h5-12,20H,3-4,13H2,1-2H3,(H,23,24). The van der Waals surface area contributed by atoms with Gasteiger partial charge in [-0.25, -0.2) is 13.2 Å². The number of hydrogen-bond acceptors (Lipinski definition) is 5. The maximum atomic E-state index is 12.5. The number of carboxylic acid groups (broad SMARTS) is 1. The van der Waals surface area contributed by atoms with Gasteiger partial charge < -0.3 is 10.4 Å². The van der Waals surface area contributed by atoms with Gasteiger partial charge in [0.15, 0.2) is 5.78 Å². The van der Waals surface area contributed by atoms with Crippen LogP contribution in [0, 0.1) is 0 Å². The molecule has 0 unspecified atom stereocenters. The van der Waals surface area contributed by atoms with Crippen molar-refractivity contribution < 1.29 is 23.1 Å². The van der Waals surface area contributed by atoms with E-state index in [-0.39, 0.29) is 22.8 Å². The van der Waals surface area contributed by atoms with E-state index in [0.29, 0.717) is 24.3 Å². The first-order chi connectivity index (χ1) is 12.8. The molecule has 0 aromatic heterocycles. The van der Waals surface area contributed by atoms with Crippen LogP contribution in [0.2, 0.25) is 0 Å². The first-order valence-electron chi connectivity index (χ1n) is 8.50. The molecule has 144 valence electrons. The van der Waals surface area contributed by atoms with Crippen LogP contribution in [0.5, 0.6) is 0 Å². The second-order valence-corrected chi connectivity index (χ2v) is 7.68. The Morgan fingerprint density at radius 3 is 2.15 bits per heavy atom. The van der Waals surface area contributed by atoms with E-state index in [9.17, 15) is 18.0 Å².